The van der Waals surface area contributed by atoms with E-state index in [1.165, 1.54) is 24.3 Å². The van der Waals surface area contributed by atoms with E-state index >= 15 is 0 Å². The quantitative estimate of drug-likeness (QED) is 0.649. The van der Waals surface area contributed by atoms with Crippen molar-refractivity contribution in [3.8, 4) is 0 Å². The third-order valence-electron chi connectivity index (χ3n) is 2.37. The Hall–Kier alpha value is -1.53. The van der Waals surface area contributed by atoms with Crippen LogP contribution in [0, 0.1) is 0 Å². The number of aliphatic hydroxyl groups excluding tert-OH is 1. The van der Waals surface area contributed by atoms with Crippen LogP contribution in [0.3, 0.4) is 0 Å². The number of carbonyl (C=O) groups excluding carboxylic acids is 1. The number of rotatable bonds is 5. The van der Waals surface area contributed by atoms with E-state index in [9.17, 15) is 18.0 Å². The van der Waals surface area contributed by atoms with Gasteiger partial charge >= 0.3 is 6.18 Å². The van der Waals surface area contributed by atoms with Crippen molar-refractivity contribution in [2.75, 3.05) is 13.2 Å². The molecule has 0 unspecified atom stereocenters. The van der Waals surface area contributed by atoms with Gasteiger partial charge in [0.05, 0.1) is 5.57 Å². The van der Waals surface area contributed by atoms with Gasteiger partial charge in [0.25, 0.3) is 0 Å². The predicted molar refractivity (Wildman–Crippen MR) is 70.2 cm³/mol. The van der Waals surface area contributed by atoms with Crippen LogP contribution < -0.4 is 5.32 Å². The van der Waals surface area contributed by atoms with Gasteiger partial charge in [0.15, 0.2) is 0 Å². The van der Waals surface area contributed by atoms with Crippen molar-refractivity contribution >= 4 is 23.1 Å². The average Bonchev–Trinajstić information content (AvgIpc) is 2.36. The van der Waals surface area contributed by atoms with Crippen molar-refractivity contribution in [2.45, 2.75) is 12.6 Å². The number of allylic oxidation sites excluding steroid dienone is 1. The number of alkyl halides is 3. The Bertz CT molecular complexity index is 483. The molecule has 20 heavy (non-hydrogen) atoms. The van der Waals surface area contributed by atoms with E-state index in [1.54, 1.807) is 0 Å². The van der Waals surface area contributed by atoms with Crippen LogP contribution in [0.1, 0.15) is 12.0 Å². The maximum atomic E-state index is 12.9. The van der Waals surface area contributed by atoms with Gasteiger partial charge in [-0.3, -0.25) is 4.79 Å². The van der Waals surface area contributed by atoms with Gasteiger partial charge in [-0.15, -0.1) is 0 Å². The fraction of sp³-hybridized carbons (Fsp3) is 0.308. The normalized spacial score (nSPS) is 12.3. The number of aliphatic hydroxyl groups is 1. The standard InChI is InChI=1S/C13H13ClF3NO2/c14-10-4-2-9(3-5-10)11(13(15,16)17)8-12(20)18-6-1-7-19/h2-5,8,19H,1,6-7H2,(H,18,20)/b11-8-. The van der Waals surface area contributed by atoms with Crippen molar-refractivity contribution in [3.63, 3.8) is 0 Å². The minimum absolute atomic E-state index is 0.109. The number of hydrogen-bond donors (Lipinski definition) is 2. The second-order valence-corrected chi connectivity index (χ2v) is 4.37. The summed E-state index contributed by atoms with van der Waals surface area (Å²) < 4.78 is 38.8. The van der Waals surface area contributed by atoms with E-state index in [4.69, 9.17) is 16.7 Å². The number of benzene rings is 1. The minimum Gasteiger partial charge on any atom is -0.396 e. The molecule has 0 saturated carbocycles. The fourth-order valence-corrected chi connectivity index (χ4v) is 1.56. The molecule has 0 fully saturated rings. The first-order valence-corrected chi connectivity index (χ1v) is 6.16. The van der Waals surface area contributed by atoms with Crippen LogP contribution in [0.25, 0.3) is 5.57 Å². The monoisotopic (exact) mass is 307 g/mol. The summed E-state index contributed by atoms with van der Waals surface area (Å²) in [5.74, 6) is -0.860. The molecule has 0 aliphatic carbocycles. The van der Waals surface area contributed by atoms with Gasteiger partial charge in [0.1, 0.15) is 0 Å². The summed E-state index contributed by atoms with van der Waals surface area (Å²) in [6.07, 6.45) is -3.87. The molecule has 0 radical (unpaired) electrons. The highest BCUT2D eigenvalue weighted by Gasteiger charge is 2.35. The molecule has 0 aromatic heterocycles. The second kappa shape index (κ2) is 7.31. The van der Waals surface area contributed by atoms with Gasteiger partial charge in [0.2, 0.25) is 5.91 Å². The van der Waals surface area contributed by atoms with Gasteiger partial charge in [-0.05, 0) is 24.1 Å². The van der Waals surface area contributed by atoms with Gasteiger partial charge in [-0.2, -0.15) is 13.2 Å². The number of carbonyl (C=O) groups is 1. The SMILES string of the molecule is O=C(/C=C(/c1ccc(Cl)cc1)C(F)(F)F)NCCCO. The summed E-state index contributed by atoms with van der Waals surface area (Å²) in [7, 11) is 0. The fourth-order valence-electron chi connectivity index (χ4n) is 1.43. The van der Waals surface area contributed by atoms with Crippen LogP contribution >= 0.6 is 11.6 Å². The molecule has 3 nitrogen and oxygen atoms in total. The zero-order chi connectivity index (χ0) is 15.2. The van der Waals surface area contributed by atoms with E-state index in [-0.39, 0.29) is 25.1 Å². The molecule has 1 aromatic carbocycles. The molecule has 0 heterocycles. The lowest BCUT2D eigenvalue weighted by Gasteiger charge is -2.12. The Labute approximate surface area is 119 Å². The van der Waals surface area contributed by atoms with Gasteiger partial charge < -0.3 is 10.4 Å². The molecular weight excluding hydrogens is 295 g/mol. The van der Waals surface area contributed by atoms with Crippen molar-refractivity contribution in [3.05, 3.63) is 40.9 Å². The van der Waals surface area contributed by atoms with Gasteiger partial charge in [-0.1, -0.05) is 23.7 Å². The Morgan fingerprint density at radius 1 is 1.30 bits per heavy atom. The Morgan fingerprint density at radius 3 is 2.40 bits per heavy atom. The molecule has 0 aliphatic rings. The lowest BCUT2D eigenvalue weighted by molar-refractivity contribution is -0.117. The molecule has 1 aromatic rings. The number of hydrogen-bond acceptors (Lipinski definition) is 2. The van der Waals surface area contributed by atoms with Crippen molar-refractivity contribution in [1.29, 1.82) is 0 Å². The third kappa shape index (κ3) is 5.22. The zero-order valence-electron chi connectivity index (χ0n) is 10.4. The van der Waals surface area contributed by atoms with Crippen LogP contribution in [0.15, 0.2) is 30.3 Å². The first kappa shape index (κ1) is 16.5. The summed E-state index contributed by atoms with van der Waals surface area (Å²) in [5, 5.41) is 11.1. The molecule has 0 spiro atoms. The molecule has 0 aliphatic heterocycles. The van der Waals surface area contributed by atoms with Crippen LogP contribution in [-0.4, -0.2) is 30.3 Å². The summed E-state index contributed by atoms with van der Waals surface area (Å²) in [4.78, 5) is 11.4. The van der Waals surface area contributed by atoms with Crippen molar-refractivity contribution in [1.82, 2.24) is 5.32 Å². The molecule has 110 valence electrons. The van der Waals surface area contributed by atoms with E-state index in [1.807, 2.05) is 0 Å². The van der Waals surface area contributed by atoms with Crippen LogP contribution in [0.4, 0.5) is 13.2 Å². The van der Waals surface area contributed by atoms with Crippen LogP contribution in [0.2, 0.25) is 5.02 Å². The summed E-state index contributed by atoms with van der Waals surface area (Å²) in [6.45, 7) is -0.0368. The smallest absolute Gasteiger partial charge is 0.396 e. The minimum atomic E-state index is -4.65. The highest BCUT2D eigenvalue weighted by molar-refractivity contribution is 6.30. The molecule has 1 rings (SSSR count). The molecule has 0 saturated heterocycles. The first-order valence-electron chi connectivity index (χ1n) is 5.78. The number of nitrogens with one attached hydrogen (secondary N) is 1. The lowest BCUT2D eigenvalue weighted by Crippen LogP contribution is -2.24. The van der Waals surface area contributed by atoms with Crippen LogP contribution in [-0.2, 0) is 4.79 Å². The summed E-state index contributed by atoms with van der Waals surface area (Å²) >= 11 is 5.62. The van der Waals surface area contributed by atoms with Gasteiger partial charge in [0, 0.05) is 24.3 Å². The Kier molecular flexibility index (Phi) is 6.04. The molecule has 7 heteroatoms. The highest BCUT2D eigenvalue weighted by atomic mass is 35.5. The molecular formula is C13H13ClF3NO2. The maximum absolute atomic E-state index is 12.9. The topological polar surface area (TPSA) is 49.3 Å². The third-order valence-corrected chi connectivity index (χ3v) is 2.62. The highest BCUT2D eigenvalue weighted by Crippen LogP contribution is 2.34. The number of amides is 1. The maximum Gasteiger partial charge on any atom is 0.417 e. The van der Waals surface area contributed by atoms with E-state index in [2.05, 4.69) is 5.32 Å². The second-order valence-electron chi connectivity index (χ2n) is 3.93. The lowest BCUT2D eigenvalue weighted by atomic mass is 10.1. The number of halogens is 4. The van der Waals surface area contributed by atoms with E-state index in [0.29, 0.717) is 11.1 Å². The molecule has 0 atom stereocenters. The predicted octanol–water partition coefficient (Wildman–Crippen LogP) is 2.78. The van der Waals surface area contributed by atoms with Crippen molar-refractivity contribution in [2.24, 2.45) is 0 Å². The Balaban J connectivity index is 2.95. The molecule has 2 N–H and O–H groups in total. The largest absolute Gasteiger partial charge is 0.417 e. The Morgan fingerprint density at radius 2 is 1.90 bits per heavy atom. The summed E-state index contributed by atoms with van der Waals surface area (Å²) in [5.41, 5.74) is -1.19. The van der Waals surface area contributed by atoms with Crippen molar-refractivity contribution < 1.29 is 23.1 Å². The molecule has 0 bridgehead atoms. The first-order chi connectivity index (χ1) is 9.34. The molecule has 1 amide bonds. The van der Waals surface area contributed by atoms with Crippen LogP contribution in [0.5, 0.6) is 0 Å². The summed E-state index contributed by atoms with van der Waals surface area (Å²) in [6, 6.07) is 5.03. The van der Waals surface area contributed by atoms with Gasteiger partial charge in [-0.25, -0.2) is 0 Å². The van der Waals surface area contributed by atoms with E-state index in [0.717, 1.165) is 0 Å². The zero-order valence-corrected chi connectivity index (χ0v) is 11.1. The van der Waals surface area contributed by atoms with E-state index < -0.39 is 17.7 Å². The average molecular weight is 308 g/mol.